The predicted molar refractivity (Wildman–Crippen MR) is 124 cm³/mol. The van der Waals surface area contributed by atoms with Crippen LogP contribution >= 0.6 is 0 Å². The number of hydrogen-bond donors (Lipinski definition) is 3. The second-order valence-corrected chi connectivity index (χ2v) is 9.19. The largest absolute Gasteiger partial charge is 0.480 e. The molecule has 4 rings (SSSR count). The molecule has 0 heterocycles. The molecule has 7 nitrogen and oxygen atoms in total. The quantitative estimate of drug-likeness (QED) is 0.537. The van der Waals surface area contributed by atoms with Gasteiger partial charge in [-0.15, -0.1) is 0 Å². The molecule has 3 atom stereocenters. The lowest BCUT2D eigenvalue weighted by Gasteiger charge is -2.25. The predicted octanol–water partition coefficient (Wildman–Crippen LogP) is 3.92. The first-order valence-electron chi connectivity index (χ1n) is 11.5. The minimum absolute atomic E-state index is 0.00476. The monoisotopic (exact) mass is 450 g/mol. The average molecular weight is 451 g/mol. The summed E-state index contributed by atoms with van der Waals surface area (Å²) < 4.78 is 5.53. The smallest absolute Gasteiger partial charge is 0.407 e. The van der Waals surface area contributed by atoms with Crippen LogP contribution in [0.5, 0.6) is 0 Å². The molecule has 2 aliphatic rings. The normalized spacial score (nSPS) is 20.2. The number of rotatable bonds is 9. The molecule has 2 aromatic rings. The van der Waals surface area contributed by atoms with Gasteiger partial charge >= 0.3 is 12.1 Å². The Kier molecular flexibility index (Phi) is 6.40. The third-order valence-electron chi connectivity index (χ3n) is 6.73. The van der Waals surface area contributed by atoms with E-state index in [-0.39, 0.29) is 30.3 Å². The van der Waals surface area contributed by atoms with Crippen LogP contribution < -0.4 is 10.6 Å². The zero-order valence-electron chi connectivity index (χ0n) is 19.0. The van der Waals surface area contributed by atoms with E-state index >= 15 is 0 Å². The third-order valence-corrected chi connectivity index (χ3v) is 6.73. The SMILES string of the molecule is CCCC(C)(NC(=O)[C@H]1C[C@H]1CNC(=O)OCC1c2ccccc2-c2ccccc21)C(=O)O. The fraction of sp³-hybridized carbons (Fsp3) is 0.423. The molecule has 2 aromatic carbocycles. The Morgan fingerprint density at radius 1 is 1.06 bits per heavy atom. The van der Waals surface area contributed by atoms with Gasteiger partial charge in [-0.2, -0.15) is 0 Å². The van der Waals surface area contributed by atoms with E-state index in [4.69, 9.17) is 4.74 Å². The van der Waals surface area contributed by atoms with Crippen LogP contribution in [0.25, 0.3) is 11.1 Å². The Hall–Kier alpha value is -3.35. The van der Waals surface area contributed by atoms with Gasteiger partial charge in [-0.05, 0) is 47.9 Å². The van der Waals surface area contributed by atoms with Crippen LogP contribution in [0.4, 0.5) is 4.79 Å². The number of ether oxygens (including phenoxy) is 1. The molecule has 7 heteroatoms. The molecular formula is C26H30N2O5. The first-order valence-corrected chi connectivity index (χ1v) is 11.5. The molecule has 174 valence electrons. The van der Waals surface area contributed by atoms with Crippen molar-refractivity contribution in [3.8, 4) is 11.1 Å². The van der Waals surface area contributed by atoms with E-state index in [1.807, 2.05) is 31.2 Å². The molecule has 0 radical (unpaired) electrons. The van der Waals surface area contributed by atoms with Gasteiger partial charge in [-0.1, -0.05) is 61.9 Å². The zero-order chi connectivity index (χ0) is 23.6. The molecule has 1 saturated carbocycles. The van der Waals surface area contributed by atoms with Crippen molar-refractivity contribution in [1.29, 1.82) is 0 Å². The first kappa shape index (κ1) is 22.8. The summed E-state index contributed by atoms with van der Waals surface area (Å²) in [6, 6.07) is 16.3. The van der Waals surface area contributed by atoms with Crippen LogP contribution in [0, 0.1) is 11.8 Å². The summed E-state index contributed by atoms with van der Waals surface area (Å²) in [6.45, 7) is 3.98. The number of hydrogen-bond acceptors (Lipinski definition) is 4. The molecule has 0 bridgehead atoms. The topological polar surface area (TPSA) is 105 Å². The van der Waals surface area contributed by atoms with Gasteiger partial charge in [0.15, 0.2) is 0 Å². The van der Waals surface area contributed by atoms with E-state index in [0.717, 1.165) is 11.1 Å². The fourth-order valence-electron chi connectivity index (χ4n) is 4.75. The number of carboxylic acid groups (broad SMARTS) is 1. The summed E-state index contributed by atoms with van der Waals surface area (Å²) in [6.07, 6.45) is 1.13. The van der Waals surface area contributed by atoms with E-state index in [9.17, 15) is 19.5 Å². The molecule has 0 saturated heterocycles. The number of carbonyl (C=O) groups is 3. The number of aliphatic carboxylic acids is 1. The second kappa shape index (κ2) is 9.25. The van der Waals surface area contributed by atoms with E-state index < -0.39 is 17.6 Å². The number of fused-ring (bicyclic) bond motifs is 3. The summed E-state index contributed by atoms with van der Waals surface area (Å²) in [5.41, 5.74) is 3.38. The van der Waals surface area contributed by atoms with Crippen molar-refractivity contribution in [3.63, 3.8) is 0 Å². The number of benzene rings is 2. The van der Waals surface area contributed by atoms with E-state index in [0.29, 0.717) is 25.8 Å². The van der Waals surface area contributed by atoms with Gasteiger partial charge in [0, 0.05) is 18.4 Å². The maximum absolute atomic E-state index is 12.5. The number of alkyl carbamates (subject to hydrolysis) is 1. The van der Waals surface area contributed by atoms with Crippen molar-refractivity contribution in [2.75, 3.05) is 13.2 Å². The van der Waals surface area contributed by atoms with Crippen LogP contribution in [0.15, 0.2) is 48.5 Å². The Bertz CT molecular complexity index is 1020. The molecule has 0 aliphatic heterocycles. The molecule has 2 amide bonds. The first-order chi connectivity index (χ1) is 15.8. The van der Waals surface area contributed by atoms with Crippen molar-refractivity contribution < 1.29 is 24.2 Å². The van der Waals surface area contributed by atoms with Gasteiger partial charge < -0.3 is 20.5 Å². The van der Waals surface area contributed by atoms with E-state index in [2.05, 4.69) is 34.9 Å². The average Bonchev–Trinajstić information content (AvgIpc) is 3.52. The maximum atomic E-state index is 12.5. The standard InChI is InChI=1S/C26H30N2O5/c1-3-12-26(2,24(30)31)28-23(29)21-13-16(21)14-27-25(32)33-15-22-19-10-6-4-8-17(19)18-9-5-7-11-20(18)22/h4-11,16,21-22H,3,12-15H2,1-2H3,(H,27,32)(H,28,29)(H,30,31)/t16-,21-,26?/m0/s1. The van der Waals surface area contributed by atoms with Gasteiger partial charge in [0.05, 0.1) is 0 Å². The number of carboxylic acids is 1. The Balaban J connectivity index is 1.26. The maximum Gasteiger partial charge on any atom is 0.407 e. The molecule has 3 N–H and O–H groups in total. The highest BCUT2D eigenvalue weighted by molar-refractivity contribution is 5.89. The van der Waals surface area contributed by atoms with Gasteiger partial charge in [-0.3, -0.25) is 4.79 Å². The van der Waals surface area contributed by atoms with Gasteiger partial charge in [0.2, 0.25) is 5.91 Å². The van der Waals surface area contributed by atoms with Crippen molar-refractivity contribution in [3.05, 3.63) is 59.7 Å². The highest BCUT2D eigenvalue weighted by Crippen LogP contribution is 2.44. The van der Waals surface area contributed by atoms with Gasteiger partial charge in [0.25, 0.3) is 0 Å². The Morgan fingerprint density at radius 3 is 2.24 bits per heavy atom. The number of amides is 2. The molecule has 2 aliphatic carbocycles. The van der Waals surface area contributed by atoms with Crippen LogP contribution in [0.1, 0.15) is 50.2 Å². The van der Waals surface area contributed by atoms with Gasteiger partial charge in [-0.25, -0.2) is 9.59 Å². The fourth-order valence-corrected chi connectivity index (χ4v) is 4.75. The highest BCUT2D eigenvalue weighted by Gasteiger charge is 2.46. The highest BCUT2D eigenvalue weighted by atomic mass is 16.5. The van der Waals surface area contributed by atoms with Crippen molar-refractivity contribution in [2.45, 2.75) is 44.6 Å². The molecular weight excluding hydrogens is 420 g/mol. The lowest BCUT2D eigenvalue weighted by Crippen LogP contribution is -2.52. The van der Waals surface area contributed by atoms with Crippen molar-refractivity contribution in [1.82, 2.24) is 10.6 Å². The summed E-state index contributed by atoms with van der Waals surface area (Å²) in [5, 5.41) is 14.9. The van der Waals surface area contributed by atoms with Crippen LogP contribution in [-0.4, -0.2) is 41.8 Å². The second-order valence-electron chi connectivity index (χ2n) is 9.19. The van der Waals surface area contributed by atoms with Crippen LogP contribution in [0.3, 0.4) is 0 Å². The molecule has 1 fully saturated rings. The van der Waals surface area contributed by atoms with Gasteiger partial charge in [0.1, 0.15) is 12.1 Å². The Morgan fingerprint density at radius 2 is 1.67 bits per heavy atom. The summed E-state index contributed by atoms with van der Waals surface area (Å²) in [7, 11) is 0. The van der Waals surface area contributed by atoms with E-state index in [1.54, 1.807) is 0 Å². The number of carbonyl (C=O) groups excluding carboxylic acids is 2. The lowest BCUT2D eigenvalue weighted by molar-refractivity contribution is -0.147. The molecule has 33 heavy (non-hydrogen) atoms. The zero-order valence-corrected chi connectivity index (χ0v) is 19.0. The molecule has 1 unspecified atom stereocenters. The third kappa shape index (κ3) is 4.72. The van der Waals surface area contributed by atoms with Crippen LogP contribution in [0.2, 0.25) is 0 Å². The lowest BCUT2D eigenvalue weighted by atomic mass is 9.96. The summed E-state index contributed by atoms with van der Waals surface area (Å²) in [4.78, 5) is 36.3. The summed E-state index contributed by atoms with van der Waals surface area (Å²) >= 11 is 0. The van der Waals surface area contributed by atoms with Crippen molar-refractivity contribution in [2.24, 2.45) is 11.8 Å². The van der Waals surface area contributed by atoms with E-state index in [1.165, 1.54) is 18.1 Å². The molecule has 0 aromatic heterocycles. The minimum Gasteiger partial charge on any atom is -0.480 e. The molecule has 0 spiro atoms. The summed E-state index contributed by atoms with van der Waals surface area (Å²) in [5.74, 6) is -1.60. The van der Waals surface area contributed by atoms with Crippen LogP contribution in [-0.2, 0) is 14.3 Å². The minimum atomic E-state index is -1.26. The number of nitrogens with one attached hydrogen (secondary N) is 2. The van der Waals surface area contributed by atoms with Crippen molar-refractivity contribution >= 4 is 18.0 Å². The Labute approximate surface area is 193 Å².